The standard InChI is InChI=1S/C19H18N4O3S2/c20-16(24)5-7-21-18(26)14-3-1-2-4-15(14)23-17(25)9-13-11-28-19(22-13)12-6-8-27-10-12/h1-4,6,8,10-11H,5,7,9H2,(H2,20,24)(H,21,26)(H,23,25). The highest BCUT2D eigenvalue weighted by Gasteiger charge is 2.14. The lowest BCUT2D eigenvalue weighted by molar-refractivity contribution is -0.118. The van der Waals surface area contributed by atoms with Gasteiger partial charge in [-0.3, -0.25) is 14.4 Å². The van der Waals surface area contributed by atoms with Crippen LogP contribution in [0.2, 0.25) is 0 Å². The molecule has 1 aromatic carbocycles. The Hall–Kier alpha value is -3.04. The van der Waals surface area contributed by atoms with Crippen molar-refractivity contribution < 1.29 is 14.4 Å². The Kier molecular flexibility index (Phi) is 6.51. The van der Waals surface area contributed by atoms with E-state index in [9.17, 15) is 14.4 Å². The van der Waals surface area contributed by atoms with Crippen LogP contribution in [0, 0.1) is 0 Å². The average Bonchev–Trinajstić information content (AvgIpc) is 3.33. The minimum absolute atomic E-state index is 0.0521. The van der Waals surface area contributed by atoms with Crippen LogP contribution in [0.25, 0.3) is 10.6 Å². The number of hydrogen-bond donors (Lipinski definition) is 3. The molecule has 0 radical (unpaired) electrons. The Labute approximate surface area is 169 Å². The normalized spacial score (nSPS) is 10.4. The number of nitrogens with two attached hydrogens (primary N) is 1. The van der Waals surface area contributed by atoms with E-state index in [0.717, 1.165) is 10.6 Å². The van der Waals surface area contributed by atoms with Gasteiger partial charge in [0.05, 0.1) is 23.4 Å². The number of benzene rings is 1. The van der Waals surface area contributed by atoms with Crippen LogP contribution in [-0.2, 0) is 16.0 Å². The molecule has 2 heterocycles. The van der Waals surface area contributed by atoms with E-state index >= 15 is 0 Å². The monoisotopic (exact) mass is 414 g/mol. The van der Waals surface area contributed by atoms with Gasteiger partial charge in [-0.15, -0.1) is 11.3 Å². The Morgan fingerprint density at radius 2 is 1.93 bits per heavy atom. The zero-order chi connectivity index (χ0) is 19.9. The maximum atomic E-state index is 12.4. The maximum Gasteiger partial charge on any atom is 0.253 e. The van der Waals surface area contributed by atoms with Gasteiger partial charge in [-0.2, -0.15) is 11.3 Å². The molecular formula is C19H18N4O3S2. The summed E-state index contributed by atoms with van der Waals surface area (Å²) in [4.78, 5) is 40.0. The number of nitrogens with one attached hydrogen (secondary N) is 2. The Morgan fingerprint density at radius 3 is 2.68 bits per heavy atom. The molecule has 0 saturated heterocycles. The van der Waals surface area contributed by atoms with E-state index in [2.05, 4.69) is 15.6 Å². The minimum atomic E-state index is -0.494. The Balaban J connectivity index is 1.62. The molecule has 9 heteroatoms. The minimum Gasteiger partial charge on any atom is -0.370 e. The number of thiazole rings is 1. The lowest BCUT2D eigenvalue weighted by atomic mass is 10.1. The number of nitrogens with zero attached hydrogens (tertiary/aromatic N) is 1. The van der Waals surface area contributed by atoms with Gasteiger partial charge in [0.2, 0.25) is 11.8 Å². The first kappa shape index (κ1) is 19.7. The third-order valence-corrected chi connectivity index (χ3v) is 5.39. The molecule has 3 amide bonds. The van der Waals surface area contributed by atoms with E-state index in [-0.39, 0.29) is 31.2 Å². The summed E-state index contributed by atoms with van der Waals surface area (Å²) in [6.45, 7) is 0.140. The first-order valence-corrected chi connectivity index (χ1v) is 10.3. The molecule has 3 aromatic rings. The molecule has 0 bridgehead atoms. The molecule has 0 aliphatic carbocycles. The molecule has 0 aliphatic heterocycles. The fraction of sp³-hybridized carbons (Fsp3) is 0.158. The number of thiophene rings is 1. The molecule has 4 N–H and O–H groups in total. The first-order chi connectivity index (χ1) is 13.5. The van der Waals surface area contributed by atoms with Gasteiger partial charge >= 0.3 is 0 Å². The zero-order valence-electron chi connectivity index (χ0n) is 14.8. The quantitative estimate of drug-likeness (QED) is 0.526. The highest BCUT2D eigenvalue weighted by atomic mass is 32.1. The van der Waals surface area contributed by atoms with Crippen molar-refractivity contribution in [2.24, 2.45) is 5.73 Å². The largest absolute Gasteiger partial charge is 0.370 e. The number of carbonyl (C=O) groups is 3. The second-order valence-electron chi connectivity index (χ2n) is 5.90. The summed E-state index contributed by atoms with van der Waals surface area (Å²) >= 11 is 3.08. The van der Waals surface area contributed by atoms with Gasteiger partial charge in [-0.1, -0.05) is 12.1 Å². The highest BCUT2D eigenvalue weighted by molar-refractivity contribution is 7.14. The second kappa shape index (κ2) is 9.25. The summed E-state index contributed by atoms with van der Waals surface area (Å²) in [5.74, 6) is -1.14. The van der Waals surface area contributed by atoms with Gasteiger partial charge < -0.3 is 16.4 Å². The lowest BCUT2D eigenvalue weighted by Gasteiger charge is -2.11. The van der Waals surface area contributed by atoms with Crippen LogP contribution < -0.4 is 16.4 Å². The molecule has 3 rings (SSSR count). The number of amides is 3. The number of para-hydroxylation sites is 1. The maximum absolute atomic E-state index is 12.4. The topological polar surface area (TPSA) is 114 Å². The van der Waals surface area contributed by atoms with Crippen molar-refractivity contribution in [1.29, 1.82) is 0 Å². The molecule has 0 fully saturated rings. The summed E-state index contributed by atoms with van der Waals surface area (Å²) in [6.07, 6.45) is 0.162. The smallest absolute Gasteiger partial charge is 0.253 e. The summed E-state index contributed by atoms with van der Waals surface area (Å²) in [5, 5.41) is 12.1. The van der Waals surface area contributed by atoms with E-state index in [1.54, 1.807) is 35.6 Å². The predicted octanol–water partition coefficient (Wildman–Crippen LogP) is 2.66. The molecular weight excluding hydrogens is 396 g/mol. The van der Waals surface area contributed by atoms with Crippen LogP contribution in [0.1, 0.15) is 22.5 Å². The molecule has 28 heavy (non-hydrogen) atoms. The number of aromatic nitrogens is 1. The van der Waals surface area contributed by atoms with Gasteiger partial charge in [0.15, 0.2) is 0 Å². The Morgan fingerprint density at radius 1 is 1.11 bits per heavy atom. The third kappa shape index (κ3) is 5.24. The van der Waals surface area contributed by atoms with Crippen LogP contribution >= 0.6 is 22.7 Å². The van der Waals surface area contributed by atoms with E-state index < -0.39 is 5.91 Å². The predicted molar refractivity (Wildman–Crippen MR) is 110 cm³/mol. The van der Waals surface area contributed by atoms with Gasteiger partial charge in [0.1, 0.15) is 5.01 Å². The van der Waals surface area contributed by atoms with Crippen LogP contribution in [0.5, 0.6) is 0 Å². The summed E-state index contributed by atoms with van der Waals surface area (Å²) in [6, 6.07) is 8.67. The third-order valence-electron chi connectivity index (χ3n) is 3.76. The SMILES string of the molecule is NC(=O)CCNC(=O)c1ccccc1NC(=O)Cc1csc(-c2ccsc2)n1. The lowest BCUT2D eigenvalue weighted by Crippen LogP contribution is -2.29. The summed E-state index contributed by atoms with van der Waals surface area (Å²) in [7, 11) is 0. The highest BCUT2D eigenvalue weighted by Crippen LogP contribution is 2.26. The number of primary amides is 1. The van der Waals surface area contributed by atoms with Crippen LogP contribution in [0.4, 0.5) is 5.69 Å². The fourth-order valence-corrected chi connectivity index (χ4v) is 3.98. The number of rotatable bonds is 8. The second-order valence-corrected chi connectivity index (χ2v) is 7.54. The van der Waals surface area contributed by atoms with Crippen LogP contribution in [-0.4, -0.2) is 29.3 Å². The number of hydrogen-bond acceptors (Lipinski definition) is 6. The van der Waals surface area contributed by atoms with E-state index in [1.165, 1.54) is 11.3 Å². The van der Waals surface area contributed by atoms with Crippen molar-refractivity contribution in [3.8, 4) is 10.6 Å². The molecule has 0 aliphatic rings. The molecule has 144 valence electrons. The van der Waals surface area contributed by atoms with E-state index in [4.69, 9.17) is 5.73 Å². The summed E-state index contributed by atoms with van der Waals surface area (Å²) in [5.41, 5.74) is 7.50. The molecule has 0 unspecified atom stereocenters. The van der Waals surface area contributed by atoms with Crippen molar-refractivity contribution in [2.75, 3.05) is 11.9 Å². The van der Waals surface area contributed by atoms with Crippen molar-refractivity contribution in [3.63, 3.8) is 0 Å². The molecule has 2 aromatic heterocycles. The zero-order valence-corrected chi connectivity index (χ0v) is 16.4. The Bertz CT molecular complexity index is 983. The first-order valence-electron chi connectivity index (χ1n) is 8.45. The number of anilines is 1. The molecule has 0 saturated carbocycles. The number of carbonyl (C=O) groups excluding carboxylic acids is 3. The van der Waals surface area contributed by atoms with Crippen molar-refractivity contribution in [1.82, 2.24) is 10.3 Å². The summed E-state index contributed by atoms with van der Waals surface area (Å²) < 4.78 is 0. The fourth-order valence-electron chi connectivity index (χ4n) is 2.45. The van der Waals surface area contributed by atoms with Crippen LogP contribution in [0.3, 0.4) is 0 Å². The van der Waals surface area contributed by atoms with Crippen molar-refractivity contribution >= 4 is 46.1 Å². The van der Waals surface area contributed by atoms with Crippen LogP contribution in [0.15, 0.2) is 46.5 Å². The van der Waals surface area contributed by atoms with Gasteiger partial charge in [0, 0.05) is 29.3 Å². The van der Waals surface area contributed by atoms with Gasteiger partial charge in [0.25, 0.3) is 5.91 Å². The molecule has 0 spiro atoms. The van der Waals surface area contributed by atoms with E-state index in [1.807, 2.05) is 22.2 Å². The van der Waals surface area contributed by atoms with Gasteiger partial charge in [-0.25, -0.2) is 4.98 Å². The molecule has 7 nitrogen and oxygen atoms in total. The van der Waals surface area contributed by atoms with Crippen molar-refractivity contribution in [3.05, 3.63) is 57.7 Å². The van der Waals surface area contributed by atoms with E-state index in [0.29, 0.717) is 16.9 Å². The molecule has 0 atom stereocenters. The average molecular weight is 415 g/mol. The van der Waals surface area contributed by atoms with Crippen molar-refractivity contribution in [2.45, 2.75) is 12.8 Å². The van der Waals surface area contributed by atoms with Gasteiger partial charge in [-0.05, 0) is 23.6 Å².